The number of aliphatic imine (C=N–C) groups is 2. The minimum Gasteiger partial charge on any atom is -0.485 e. The van der Waals surface area contributed by atoms with Gasteiger partial charge in [0.2, 0.25) is 0 Å². The van der Waals surface area contributed by atoms with Crippen molar-refractivity contribution in [2.75, 3.05) is 33.9 Å². The van der Waals surface area contributed by atoms with E-state index in [1.165, 1.54) is 12.8 Å². The SMILES string of the molecule is CCN(C)C=Nc1cc(C)c(OCC(=NCC2CC2)NOC)cc1C. The highest BCUT2D eigenvalue weighted by Crippen LogP contribution is 2.29. The van der Waals surface area contributed by atoms with Crippen LogP contribution in [0.5, 0.6) is 5.75 Å². The summed E-state index contributed by atoms with van der Waals surface area (Å²) in [5.74, 6) is 2.30. The third-order valence-electron chi connectivity index (χ3n) is 4.21. The first-order valence-electron chi connectivity index (χ1n) is 8.84. The summed E-state index contributed by atoms with van der Waals surface area (Å²) in [4.78, 5) is 16.1. The summed E-state index contributed by atoms with van der Waals surface area (Å²) in [5, 5.41) is 0. The standard InChI is InChI=1S/C19H30N4O2/c1-6-23(4)13-21-17-9-15(3)18(10-14(17)2)25-12-19(22-24-5)20-11-16-7-8-16/h9-10,13,16H,6-8,11-12H2,1-5H3,(H,20,22). The molecule has 0 spiro atoms. The zero-order valence-corrected chi connectivity index (χ0v) is 16.0. The lowest BCUT2D eigenvalue weighted by atomic mass is 10.1. The van der Waals surface area contributed by atoms with Crippen LogP contribution in [0.25, 0.3) is 0 Å². The second-order valence-corrected chi connectivity index (χ2v) is 6.55. The van der Waals surface area contributed by atoms with Gasteiger partial charge >= 0.3 is 0 Å². The van der Waals surface area contributed by atoms with Crippen molar-refractivity contribution in [3.63, 3.8) is 0 Å². The summed E-state index contributed by atoms with van der Waals surface area (Å²) in [7, 11) is 3.59. The molecule has 1 N–H and O–H groups in total. The van der Waals surface area contributed by atoms with Crippen LogP contribution in [0, 0.1) is 19.8 Å². The first-order valence-corrected chi connectivity index (χ1v) is 8.84. The average molecular weight is 346 g/mol. The largest absolute Gasteiger partial charge is 0.485 e. The molecule has 0 aliphatic heterocycles. The molecule has 0 atom stereocenters. The molecule has 1 aromatic rings. The van der Waals surface area contributed by atoms with Gasteiger partial charge in [-0.25, -0.2) is 4.99 Å². The fraction of sp³-hybridized carbons (Fsp3) is 0.579. The Morgan fingerprint density at radius 1 is 1.32 bits per heavy atom. The van der Waals surface area contributed by atoms with Crippen LogP contribution >= 0.6 is 0 Å². The third-order valence-corrected chi connectivity index (χ3v) is 4.21. The molecule has 0 bridgehead atoms. The highest BCUT2D eigenvalue weighted by Gasteiger charge is 2.20. The quantitative estimate of drug-likeness (QED) is 0.424. The average Bonchev–Trinajstić information content (AvgIpc) is 3.42. The molecular formula is C19H30N4O2. The van der Waals surface area contributed by atoms with Crippen molar-refractivity contribution in [2.24, 2.45) is 15.9 Å². The summed E-state index contributed by atoms with van der Waals surface area (Å²) in [5.41, 5.74) is 5.91. The Morgan fingerprint density at radius 2 is 2.08 bits per heavy atom. The smallest absolute Gasteiger partial charge is 0.159 e. The fourth-order valence-electron chi connectivity index (χ4n) is 2.22. The lowest BCUT2D eigenvalue weighted by molar-refractivity contribution is 0.138. The van der Waals surface area contributed by atoms with E-state index >= 15 is 0 Å². The maximum Gasteiger partial charge on any atom is 0.159 e. The molecule has 1 aromatic carbocycles. The Kier molecular flexibility index (Phi) is 7.25. The summed E-state index contributed by atoms with van der Waals surface area (Å²) in [6.45, 7) is 8.30. The lowest BCUT2D eigenvalue weighted by Crippen LogP contribution is -2.29. The molecular weight excluding hydrogens is 316 g/mol. The third kappa shape index (κ3) is 6.38. The van der Waals surface area contributed by atoms with E-state index in [0.29, 0.717) is 6.61 Å². The van der Waals surface area contributed by atoms with E-state index in [4.69, 9.17) is 9.57 Å². The zero-order chi connectivity index (χ0) is 18.2. The number of hydrogen-bond donors (Lipinski definition) is 1. The summed E-state index contributed by atoms with van der Waals surface area (Å²) in [6, 6.07) is 4.08. The second-order valence-electron chi connectivity index (χ2n) is 6.55. The molecule has 1 saturated carbocycles. The van der Waals surface area contributed by atoms with Crippen LogP contribution in [0.1, 0.15) is 30.9 Å². The van der Waals surface area contributed by atoms with Gasteiger partial charge in [-0.1, -0.05) is 0 Å². The van der Waals surface area contributed by atoms with Crippen molar-refractivity contribution in [1.82, 2.24) is 10.4 Å². The normalized spacial score (nSPS) is 14.8. The highest BCUT2D eigenvalue weighted by molar-refractivity contribution is 5.82. The lowest BCUT2D eigenvalue weighted by Gasteiger charge is -2.14. The molecule has 0 heterocycles. The van der Waals surface area contributed by atoms with Gasteiger partial charge in [-0.3, -0.25) is 15.3 Å². The predicted molar refractivity (Wildman–Crippen MR) is 103 cm³/mol. The van der Waals surface area contributed by atoms with Crippen LogP contribution in [0.2, 0.25) is 0 Å². The summed E-state index contributed by atoms with van der Waals surface area (Å²) < 4.78 is 5.95. The molecule has 6 heteroatoms. The molecule has 2 rings (SSSR count). The number of benzene rings is 1. The summed E-state index contributed by atoms with van der Waals surface area (Å²) >= 11 is 0. The second kappa shape index (κ2) is 9.42. The van der Waals surface area contributed by atoms with Gasteiger partial charge < -0.3 is 9.64 Å². The maximum absolute atomic E-state index is 5.95. The van der Waals surface area contributed by atoms with E-state index in [1.807, 2.05) is 38.2 Å². The Balaban J connectivity index is 2.02. The van der Waals surface area contributed by atoms with E-state index in [-0.39, 0.29) is 0 Å². The zero-order valence-electron chi connectivity index (χ0n) is 16.0. The predicted octanol–water partition coefficient (Wildman–Crippen LogP) is 3.25. The van der Waals surface area contributed by atoms with E-state index in [0.717, 1.165) is 47.4 Å². The van der Waals surface area contributed by atoms with E-state index in [2.05, 4.69) is 28.5 Å². The van der Waals surface area contributed by atoms with Gasteiger partial charge in [0.25, 0.3) is 0 Å². The minimum atomic E-state index is 0.363. The topological polar surface area (TPSA) is 58.5 Å². The molecule has 0 unspecified atom stereocenters. The van der Waals surface area contributed by atoms with Gasteiger partial charge in [0.05, 0.1) is 19.1 Å². The van der Waals surface area contributed by atoms with Crippen molar-refractivity contribution in [3.05, 3.63) is 23.3 Å². The number of nitrogens with one attached hydrogen (secondary N) is 1. The van der Waals surface area contributed by atoms with Crippen LogP contribution < -0.4 is 10.2 Å². The maximum atomic E-state index is 5.95. The molecule has 1 fully saturated rings. The van der Waals surface area contributed by atoms with E-state index in [1.54, 1.807) is 7.11 Å². The molecule has 1 aliphatic carbocycles. The number of hydroxylamine groups is 1. The van der Waals surface area contributed by atoms with Gasteiger partial charge in [0.1, 0.15) is 12.4 Å². The highest BCUT2D eigenvalue weighted by atomic mass is 16.6. The van der Waals surface area contributed by atoms with Gasteiger partial charge in [0.15, 0.2) is 5.84 Å². The number of ether oxygens (including phenoxy) is 1. The van der Waals surface area contributed by atoms with Gasteiger partial charge in [-0.05, 0) is 62.8 Å². The first-order chi connectivity index (χ1) is 12.0. The first kappa shape index (κ1) is 19.2. The number of amidine groups is 1. The fourth-order valence-corrected chi connectivity index (χ4v) is 2.22. The van der Waals surface area contributed by atoms with Crippen LogP contribution in [-0.2, 0) is 4.84 Å². The molecule has 25 heavy (non-hydrogen) atoms. The number of aryl methyl sites for hydroxylation is 2. The molecule has 0 saturated heterocycles. The molecule has 138 valence electrons. The number of rotatable bonds is 9. The molecule has 6 nitrogen and oxygen atoms in total. The van der Waals surface area contributed by atoms with Crippen LogP contribution in [0.3, 0.4) is 0 Å². The van der Waals surface area contributed by atoms with E-state index < -0.39 is 0 Å². The molecule has 0 radical (unpaired) electrons. The van der Waals surface area contributed by atoms with Crippen molar-refractivity contribution >= 4 is 17.9 Å². The van der Waals surface area contributed by atoms with Gasteiger partial charge in [-0.15, -0.1) is 0 Å². The summed E-state index contributed by atoms with van der Waals surface area (Å²) in [6.07, 6.45) is 4.41. The Bertz CT molecular complexity index is 624. The molecule has 0 amide bonds. The Labute approximate surface area is 150 Å². The minimum absolute atomic E-state index is 0.363. The van der Waals surface area contributed by atoms with E-state index in [9.17, 15) is 0 Å². The monoisotopic (exact) mass is 346 g/mol. The van der Waals surface area contributed by atoms with Crippen LogP contribution in [0.4, 0.5) is 5.69 Å². The Hall–Kier alpha value is -2.08. The van der Waals surface area contributed by atoms with Crippen molar-refractivity contribution in [2.45, 2.75) is 33.6 Å². The molecule has 1 aliphatic rings. The molecule has 0 aromatic heterocycles. The van der Waals surface area contributed by atoms with Gasteiger partial charge in [-0.2, -0.15) is 0 Å². The number of hydrogen-bond acceptors (Lipinski definition) is 4. The van der Waals surface area contributed by atoms with Gasteiger partial charge in [0, 0.05) is 20.1 Å². The van der Waals surface area contributed by atoms with Crippen molar-refractivity contribution in [1.29, 1.82) is 0 Å². The van der Waals surface area contributed by atoms with Crippen LogP contribution in [0.15, 0.2) is 22.1 Å². The van der Waals surface area contributed by atoms with Crippen LogP contribution in [-0.4, -0.2) is 50.9 Å². The van der Waals surface area contributed by atoms with Crippen molar-refractivity contribution < 1.29 is 9.57 Å². The number of nitrogens with zero attached hydrogens (tertiary/aromatic N) is 3. The van der Waals surface area contributed by atoms with Crippen molar-refractivity contribution in [3.8, 4) is 5.75 Å². The Morgan fingerprint density at radius 3 is 2.72 bits per heavy atom.